The Morgan fingerprint density at radius 3 is 2.96 bits per heavy atom. The zero-order valence-corrected chi connectivity index (χ0v) is 16.4. The van der Waals surface area contributed by atoms with Crippen molar-refractivity contribution in [2.75, 3.05) is 19.6 Å². The third-order valence-electron chi connectivity index (χ3n) is 4.33. The topological polar surface area (TPSA) is 54.5 Å². The highest BCUT2D eigenvalue weighted by molar-refractivity contribution is 6.32. The Morgan fingerprint density at radius 2 is 2.23 bits per heavy atom. The predicted molar refractivity (Wildman–Crippen MR) is 105 cm³/mol. The molecule has 1 saturated heterocycles. The van der Waals surface area contributed by atoms with E-state index in [-0.39, 0.29) is 24.4 Å². The molecule has 1 aliphatic rings. The second-order valence-electron chi connectivity index (χ2n) is 6.23. The predicted octanol–water partition coefficient (Wildman–Crippen LogP) is 3.41. The fourth-order valence-corrected chi connectivity index (χ4v) is 3.18. The molecule has 1 amide bonds. The van der Waals surface area contributed by atoms with Crippen LogP contribution in [0.5, 0.6) is 5.75 Å². The van der Waals surface area contributed by atoms with E-state index in [1.165, 1.54) is 0 Å². The normalized spacial score (nSPS) is 18.0. The minimum Gasteiger partial charge on any atom is -0.479 e. The molecule has 5 nitrogen and oxygen atoms in total. The quantitative estimate of drug-likeness (QED) is 0.861. The molecule has 1 N–H and O–H groups in total. The molecule has 2 heterocycles. The Kier molecular flexibility index (Phi) is 7.26. The molecule has 0 spiro atoms. The SMILES string of the molecule is Cc1ccc(Cl)c(OC(C)C(=O)N2CCNCC2c2cccnc2)c1.Cl. The molecule has 26 heavy (non-hydrogen) atoms. The van der Waals surface area contributed by atoms with Crippen molar-refractivity contribution in [2.45, 2.75) is 26.0 Å². The van der Waals surface area contributed by atoms with Gasteiger partial charge in [-0.15, -0.1) is 12.4 Å². The summed E-state index contributed by atoms with van der Waals surface area (Å²) in [4.78, 5) is 19.0. The van der Waals surface area contributed by atoms with Gasteiger partial charge in [-0.2, -0.15) is 0 Å². The first kappa shape index (κ1) is 20.5. The molecule has 2 unspecified atom stereocenters. The van der Waals surface area contributed by atoms with E-state index in [0.29, 0.717) is 23.9 Å². The van der Waals surface area contributed by atoms with E-state index >= 15 is 0 Å². The van der Waals surface area contributed by atoms with Gasteiger partial charge in [0.05, 0.1) is 11.1 Å². The first-order chi connectivity index (χ1) is 12.1. The van der Waals surface area contributed by atoms with Crippen molar-refractivity contribution in [2.24, 2.45) is 0 Å². The summed E-state index contributed by atoms with van der Waals surface area (Å²) >= 11 is 6.19. The molecule has 1 fully saturated rings. The third kappa shape index (κ3) is 4.67. The first-order valence-electron chi connectivity index (χ1n) is 8.40. The lowest BCUT2D eigenvalue weighted by Gasteiger charge is -2.37. The largest absolute Gasteiger partial charge is 0.479 e. The molecule has 1 aliphatic heterocycles. The maximum Gasteiger partial charge on any atom is 0.263 e. The molecule has 3 rings (SSSR count). The van der Waals surface area contributed by atoms with Gasteiger partial charge in [0.1, 0.15) is 5.75 Å². The highest BCUT2D eigenvalue weighted by Crippen LogP contribution is 2.28. The number of hydrogen-bond donors (Lipinski definition) is 1. The standard InChI is InChI=1S/C19H22ClN3O2.ClH/c1-13-5-6-16(20)18(10-13)25-14(2)19(24)23-9-8-22-12-17(23)15-4-3-7-21-11-15;/h3-7,10-11,14,17,22H,8-9,12H2,1-2H3;1H. The van der Waals surface area contributed by atoms with Crippen molar-refractivity contribution in [1.82, 2.24) is 15.2 Å². The van der Waals surface area contributed by atoms with E-state index in [1.54, 1.807) is 25.4 Å². The average Bonchev–Trinajstić information content (AvgIpc) is 2.65. The van der Waals surface area contributed by atoms with Crippen LogP contribution in [0.4, 0.5) is 0 Å². The molecule has 7 heteroatoms. The number of halogens is 2. The lowest BCUT2D eigenvalue weighted by Crippen LogP contribution is -2.52. The number of benzene rings is 1. The Bertz CT molecular complexity index is 743. The molecule has 0 saturated carbocycles. The number of pyridine rings is 1. The molecule has 0 aliphatic carbocycles. The van der Waals surface area contributed by atoms with Crippen LogP contribution in [-0.4, -0.2) is 41.5 Å². The molecule has 1 aromatic carbocycles. The summed E-state index contributed by atoms with van der Waals surface area (Å²) in [6.45, 7) is 5.83. The van der Waals surface area contributed by atoms with E-state index in [2.05, 4.69) is 10.3 Å². The molecule has 140 valence electrons. The van der Waals surface area contributed by atoms with Gasteiger partial charge in [0, 0.05) is 32.0 Å². The number of nitrogens with one attached hydrogen (secondary N) is 1. The summed E-state index contributed by atoms with van der Waals surface area (Å²) in [6.07, 6.45) is 2.93. The molecule has 0 bridgehead atoms. The minimum absolute atomic E-state index is 0. The van der Waals surface area contributed by atoms with Crippen LogP contribution in [0.1, 0.15) is 24.1 Å². The van der Waals surface area contributed by atoms with Crippen LogP contribution in [0.2, 0.25) is 5.02 Å². The van der Waals surface area contributed by atoms with E-state index in [9.17, 15) is 4.79 Å². The molecule has 1 aromatic heterocycles. The first-order valence-corrected chi connectivity index (χ1v) is 8.78. The van der Waals surface area contributed by atoms with Crippen LogP contribution in [0.15, 0.2) is 42.7 Å². The summed E-state index contributed by atoms with van der Waals surface area (Å²) in [5.41, 5.74) is 2.05. The maximum atomic E-state index is 13.0. The van der Waals surface area contributed by atoms with Gasteiger partial charge < -0.3 is 15.0 Å². The fraction of sp³-hybridized carbons (Fsp3) is 0.368. The monoisotopic (exact) mass is 395 g/mol. The molecule has 0 radical (unpaired) electrons. The van der Waals surface area contributed by atoms with Crippen LogP contribution in [0, 0.1) is 6.92 Å². The zero-order chi connectivity index (χ0) is 17.8. The zero-order valence-electron chi connectivity index (χ0n) is 14.8. The second-order valence-corrected chi connectivity index (χ2v) is 6.64. The van der Waals surface area contributed by atoms with Gasteiger partial charge in [0.25, 0.3) is 5.91 Å². The number of piperazine rings is 1. The van der Waals surface area contributed by atoms with Gasteiger partial charge in [0.2, 0.25) is 0 Å². The summed E-state index contributed by atoms with van der Waals surface area (Å²) in [7, 11) is 0. The number of nitrogens with zero attached hydrogens (tertiary/aromatic N) is 2. The Labute approximate surface area is 165 Å². The number of carbonyl (C=O) groups is 1. The third-order valence-corrected chi connectivity index (χ3v) is 4.65. The van der Waals surface area contributed by atoms with Crippen molar-refractivity contribution in [3.8, 4) is 5.75 Å². The van der Waals surface area contributed by atoms with Crippen molar-refractivity contribution < 1.29 is 9.53 Å². The lowest BCUT2D eigenvalue weighted by atomic mass is 10.0. The molecule has 2 atom stereocenters. The summed E-state index contributed by atoms with van der Waals surface area (Å²) in [6, 6.07) is 9.38. The Hall–Kier alpha value is -1.82. The summed E-state index contributed by atoms with van der Waals surface area (Å²) < 4.78 is 5.87. The van der Waals surface area contributed by atoms with Crippen LogP contribution in [0.25, 0.3) is 0 Å². The lowest BCUT2D eigenvalue weighted by molar-refractivity contribution is -0.141. The van der Waals surface area contributed by atoms with Crippen molar-refractivity contribution >= 4 is 29.9 Å². The number of ether oxygens (including phenoxy) is 1. The second kappa shape index (κ2) is 9.21. The van der Waals surface area contributed by atoms with Gasteiger partial charge in [0.15, 0.2) is 6.10 Å². The van der Waals surface area contributed by atoms with Crippen LogP contribution < -0.4 is 10.1 Å². The minimum atomic E-state index is -0.614. The van der Waals surface area contributed by atoms with Crippen molar-refractivity contribution in [3.05, 3.63) is 58.9 Å². The Balaban J connectivity index is 0.00000243. The van der Waals surface area contributed by atoms with Gasteiger partial charge in [-0.3, -0.25) is 9.78 Å². The van der Waals surface area contributed by atoms with E-state index in [0.717, 1.165) is 17.7 Å². The highest BCUT2D eigenvalue weighted by Gasteiger charge is 2.31. The smallest absolute Gasteiger partial charge is 0.263 e. The van der Waals surface area contributed by atoms with Crippen LogP contribution in [0.3, 0.4) is 0 Å². The van der Waals surface area contributed by atoms with E-state index in [4.69, 9.17) is 16.3 Å². The average molecular weight is 396 g/mol. The fourth-order valence-electron chi connectivity index (χ4n) is 3.01. The molecular weight excluding hydrogens is 373 g/mol. The van der Waals surface area contributed by atoms with E-state index in [1.807, 2.05) is 36.1 Å². The number of aromatic nitrogens is 1. The van der Waals surface area contributed by atoms with Crippen LogP contribution in [-0.2, 0) is 4.79 Å². The van der Waals surface area contributed by atoms with Crippen LogP contribution >= 0.6 is 24.0 Å². The van der Waals surface area contributed by atoms with Gasteiger partial charge >= 0.3 is 0 Å². The van der Waals surface area contributed by atoms with Gasteiger partial charge in [-0.25, -0.2) is 0 Å². The van der Waals surface area contributed by atoms with Gasteiger partial charge in [-0.05, 0) is 43.2 Å². The number of hydrogen-bond acceptors (Lipinski definition) is 4. The van der Waals surface area contributed by atoms with Gasteiger partial charge in [-0.1, -0.05) is 23.7 Å². The van der Waals surface area contributed by atoms with E-state index < -0.39 is 6.10 Å². The highest BCUT2D eigenvalue weighted by atomic mass is 35.5. The molecular formula is C19H23Cl2N3O2. The Morgan fingerprint density at radius 1 is 1.42 bits per heavy atom. The summed E-state index contributed by atoms with van der Waals surface area (Å²) in [5, 5.41) is 3.85. The maximum absolute atomic E-state index is 13.0. The number of rotatable bonds is 4. The molecule has 2 aromatic rings. The number of aryl methyl sites for hydroxylation is 1. The van der Waals surface area contributed by atoms with Crippen molar-refractivity contribution in [3.63, 3.8) is 0 Å². The summed E-state index contributed by atoms with van der Waals surface area (Å²) in [5.74, 6) is 0.489. The number of amides is 1. The van der Waals surface area contributed by atoms with Crippen molar-refractivity contribution in [1.29, 1.82) is 0 Å². The number of carbonyl (C=O) groups excluding carboxylic acids is 1.